The lowest BCUT2D eigenvalue weighted by Gasteiger charge is -2.11. The van der Waals surface area contributed by atoms with Crippen molar-refractivity contribution in [3.8, 4) is 56.8 Å². The summed E-state index contributed by atoms with van der Waals surface area (Å²) in [6.45, 7) is 0. The summed E-state index contributed by atoms with van der Waals surface area (Å²) in [6, 6.07) is 50.3. The van der Waals surface area contributed by atoms with Gasteiger partial charge >= 0.3 is 0 Å². The Kier molecular flexibility index (Phi) is 6.39. The number of aromatic nitrogens is 3. The molecule has 0 saturated carbocycles. The van der Waals surface area contributed by atoms with Crippen LogP contribution >= 0.6 is 0 Å². The van der Waals surface area contributed by atoms with Crippen LogP contribution in [-0.4, -0.2) is 15.0 Å². The topological polar surface area (TPSA) is 61.0 Å². The van der Waals surface area contributed by atoms with Gasteiger partial charge in [0.1, 0.15) is 22.7 Å². The first-order chi connectivity index (χ1) is 21.8. The predicted molar refractivity (Wildman–Crippen MR) is 175 cm³/mol. The van der Waals surface area contributed by atoms with E-state index in [2.05, 4.69) is 24.3 Å². The molecule has 0 aliphatic carbocycles. The van der Waals surface area contributed by atoms with Crippen molar-refractivity contribution in [2.45, 2.75) is 0 Å². The smallest absolute Gasteiger partial charge is 0.164 e. The molecule has 0 unspecified atom stereocenters. The van der Waals surface area contributed by atoms with E-state index in [1.807, 2.05) is 127 Å². The zero-order chi connectivity index (χ0) is 29.3. The molecule has 5 nitrogen and oxygen atoms in total. The molecule has 2 aromatic heterocycles. The van der Waals surface area contributed by atoms with Gasteiger partial charge in [0.2, 0.25) is 0 Å². The number of nitrogens with zero attached hydrogens (tertiary/aromatic N) is 3. The number of hydrogen-bond donors (Lipinski definition) is 0. The van der Waals surface area contributed by atoms with E-state index in [0.29, 0.717) is 23.2 Å². The first kappa shape index (κ1) is 25.6. The summed E-state index contributed by atoms with van der Waals surface area (Å²) in [7, 11) is 0. The molecule has 44 heavy (non-hydrogen) atoms. The van der Waals surface area contributed by atoms with Gasteiger partial charge in [-0.3, -0.25) is 0 Å². The third-order valence-electron chi connectivity index (χ3n) is 7.60. The maximum atomic E-state index is 6.31. The van der Waals surface area contributed by atoms with Crippen LogP contribution in [0.4, 0.5) is 0 Å². The standard InChI is InChI=1S/C39H25N3O2/c1-3-11-27(12-4-1)37-40-38(28-13-5-2-6-14-28)42-39(41-37)29-15-9-16-31(25-29)43-30-23-21-26(22-24-30)32-18-10-20-35-36(32)33-17-7-8-19-34(33)44-35/h1-25H. The van der Waals surface area contributed by atoms with Crippen LogP contribution in [0.15, 0.2) is 156 Å². The first-order valence-corrected chi connectivity index (χ1v) is 14.4. The summed E-state index contributed by atoms with van der Waals surface area (Å²) in [5, 5.41) is 2.23. The highest BCUT2D eigenvalue weighted by Gasteiger charge is 2.14. The van der Waals surface area contributed by atoms with E-state index in [1.54, 1.807) is 0 Å². The average molecular weight is 568 g/mol. The minimum atomic E-state index is 0.582. The van der Waals surface area contributed by atoms with Gasteiger partial charge in [0.05, 0.1) is 0 Å². The highest BCUT2D eigenvalue weighted by Crippen LogP contribution is 2.37. The fraction of sp³-hybridized carbons (Fsp3) is 0. The van der Waals surface area contributed by atoms with E-state index in [4.69, 9.17) is 24.1 Å². The van der Waals surface area contributed by atoms with Crippen LogP contribution in [0, 0.1) is 0 Å². The Bertz CT molecular complexity index is 2190. The van der Waals surface area contributed by atoms with E-state index in [-0.39, 0.29) is 0 Å². The molecule has 0 aliphatic rings. The maximum absolute atomic E-state index is 6.31. The second-order valence-electron chi connectivity index (χ2n) is 10.5. The van der Waals surface area contributed by atoms with E-state index in [1.165, 1.54) is 0 Å². The zero-order valence-corrected chi connectivity index (χ0v) is 23.6. The molecule has 0 N–H and O–H groups in total. The molecule has 8 rings (SSSR count). The Hall–Kier alpha value is -6.07. The third kappa shape index (κ3) is 4.86. The van der Waals surface area contributed by atoms with Gasteiger partial charge in [0.25, 0.3) is 0 Å². The first-order valence-electron chi connectivity index (χ1n) is 14.4. The Morgan fingerprint density at radius 3 is 1.68 bits per heavy atom. The summed E-state index contributed by atoms with van der Waals surface area (Å²) in [5.74, 6) is 3.26. The largest absolute Gasteiger partial charge is 0.457 e. The fourth-order valence-corrected chi connectivity index (χ4v) is 5.49. The van der Waals surface area contributed by atoms with Crippen molar-refractivity contribution in [3.05, 3.63) is 152 Å². The van der Waals surface area contributed by atoms with Crippen molar-refractivity contribution in [1.29, 1.82) is 0 Å². The highest BCUT2D eigenvalue weighted by atomic mass is 16.5. The summed E-state index contributed by atoms with van der Waals surface area (Å²) in [4.78, 5) is 14.5. The second kappa shape index (κ2) is 11.0. The minimum Gasteiger partial charge on any atom is -0.457 e. The molecule has 0 aliphatic heterocycles. The number of benzene rings is 6. The Balaban J connectivity index is 1.12. The molecule has 208 valence electrons. The summed E-state index contributed by atoms with van der Waals surface area (Å²) < 4.78 is 12.4. The fourth-order valence-electron chi connectivity index (χ4n) is 5.49. The molecule has 0 bridgehead atoms. The predicted octanol–water partition coefficient (Wildman–Crippen LogP) is 10.2. The molecule has 5 heteroatoms. The third-order valence-corrected chi connectivity index (χ3v) is 7.60. The van der Waals surface area contributed by atoms with Crippen LogP contribution in [-0.2, 0) is 0 Å². The summed E-state index contributed by atoms with van der Waals surface area (Å²) in [6.07, 6.45) is 0. The number of furan rings is 1. The van der Waals surface area contributed by atoms with Crippen molar-refractivity contribution in [1.82, 2.24) is 15.0 Å². The molecular formula is C39H25N3O2. The van der Waals surface area contributed by atoms with Gasteiger partial charge in [-0.05, 0) is 47.5 Å². The van der Waals surface area contributed by atoms with E-state index in [9.17, 15) is 0 Å². The quantitative estimate of drug-likeness (QED) is 0.200. The van der Waals surface area contributed by atoms with Crippen molar-refractivity contribution in [2.24, 2.45) is 0 Å². The molecule has 2 heterocycles. The molecule has 0 amide bonds. The molecule has 0 spiro atoms. The Morgan fingerprint density at radius 2 is 0.977 bits per heavy atom. The zero-order valence-electron chi connectivity index (χ0n) is 23.6. The summed E-state index contributed by atoms with van der Waals surface area (Å²) >= 11 is 0. The molecule has 0 radical (unpaired) electrons. The SMILES string of the molecule is c1ccc(-c2nc(-c3ccccc3)nc(-c3cccc(Oc4ccc(-c5cccc6oc7ccccc7c56)cc4)c3)n2)cc1. The molecule has 0 fully saturated rings. The van der Waals surface area contributed by atoms with Crippen LogP contribution in [0.3, 0.4) is 0 Å². The lowest BCUT2D eigenvalue weighted by Crippen LogP contribution is -2.00. The highest BCUT2D eigenvalue weighted by molar-refractivity contribution is 6.12. The Morgan fingerprint density at radius 1 is 0.409 bits per heavy atom. The van der Waals surface area contributed by atoms with Gasteiger partial charge < -0.3 is 9.15 Å². The summed E-state index contributed by atoms with van der Waals surface area (Å²) in [5.41, 5.74) is 6.69. The lowest BCUT2D eigenvalue weighted by atomic mass is 9.99. The van der Waals surface area contributed by atoms with Crippen LogP contribution in [0.25, 0.3) is 67.2 Å². The van der Waals surface area contributed by atoms with Gasteiger partial charge in [0.15, 0.2) is 17.5 Å². The number of rotatable bonds is 6. The Labute approximate surface area is 254 Å². The van der Waals surface area contributed by atoms with Gasteiger partial charge in [-0.25, -0.2) is 15.0 Å². The number of para-hydroxylation sites is 1. The lowest BCUT2D eigenvalue weighted by molar-refractivity contribution is 0.483. The number of hydrogen-bond acceptors (Lipinski definition) is 5. The minimum absolute atomic E-state index is 0.582. The van der Waals surface area contributed by atoms with Crippen molar-refractivity contribution in [3.63, 3.8) is 0 Å². The van der Waals surface area contributed by atoms with Crippen molar-refractivity contribution >= 4 is 21.9 Å². The molecule has 0 atom stereocenters. The van der Waals surface area contributed by atoms with Gasteiger partial charge in [-0.15, -0.1) is 0 Å². The van der Waals surface area contributed by atoms with Gasteiger partial charge in [0, 0.05) is 27.5 Å². The molecule has 8 aromatic rings. The molecule has 6 aromatic carbocycles. The number of fused-ring (bicyclic) bond motifs is 3. The van der Waals surface area contributed by atoms with Crippen LogP contribution in [0.5, 0.6) is 11.5 Å². The second-order valence-corrected chi connectivity index (χ2v) is 10.5. The molecule has 0 saturated heterocycles. The maximum Gasteiger partial charge on any atom is 0.164 e. The van der Waals surface area contributed by atoms with Crippen molar-refractivity contribution < 1.29 is 9.15 Å². The van der Waals surface area contributed by atoms with Crippen molar-refractivity contribution in [2.75, 3.05) is 0 Å². The van der Waals surface area contributed by atoms with E-state index >= 15 is 0 Å². The molecular weight excluding hydrogens is 542 g/mol. The van der Waals surface area contributed by atoms with Crippen LogP contribution in [0.1, 0.15) is 0 Å². The van der Waals surface area contributed by atoms with E-state index in [0.717, 1.165) is 55.5 Å². The monoisotopic (exact) mass is 567 g/mol. The van der Waals surface area contributed by atoms with Crippen LogP contribution in [0.2, 0.25) is 0 Å². The van der Waals surface area contributed by atoms with Crippen LogP contribution < -0.4 is 4.74 Å². The number of ether oxygens (including phenoxy) is 1. The van der Waals surface area contributed by atoms with Gasteiger partial charge in [-0.1, -0.05) is 115 Å². The van der Waals surface area contributed by atoms with Gasteiger partial charge in [-0.2, -0.15) is 0 Å². The van der Waals surface area contributed by atoms with E-state index < -0.39 is 0 Å². The average Bonchev–Trinajstić information content (AvgIpc) is 3.48. The normalized spacial score (nSPS) is 11.2.